The van der Waals surface area contributed by atoms with Crippen LogP contribution in [0.4, 0.5) is 11.4 Å². The third-order valence-corrected chi connectivity index (χ3v) is 5.20. The van der Waals surface area contributed by atoms with Crippen molar-refractivity contribution in [3.05, 3.63) is 24.3 Å². The van der Waals surface area contributed by atoms with Crippen molar-refractivity contribution in [3.63, 3.8) is 0 Å². The van der Waals surface area contributed by atoms with Crippen LogP contribution in [0.3, 0.4) is 0 Å². The smallest absolute Gasteiger partial charge is 0.227 e. The molecule has 0 saturated carbocycles. The number of carbonyl (C=O) groups is 1. The van der Waals surface area contributed by atoms with E-state index in [1.807, 2.05) is 4.90 Å². The van der Waals surface area contributed by atoms with Crippen molar-refractivity contribution in [2.24, 2.45) is 5.92 Å². The van der Waals surface area contributed by atoms with Crippen LogP contribution in [0.15, 0.2) is 24.3 Å². The molecule has 0 spiro atoms. The van der Waals surface area contributed by atoms with Gasteiger partial charge in [0.2, 0.25) is 5.91 Å². The first kappa shape index (κ1) is 13.9. The van der Waals surface area contributed by atoms with Crippen LogP contribution in [0.2, 0.25) is 0 Å². The fraction of sp³-hybridized carbons (Fsp3) is 0.562. The molecule has 0 N–H and O–H groups in total. The maximum atomic E-state index is 12.1. The van der Waals surface area contributed by atoms with Gasteiger partial charge < -0.3 is 9.80 Å². The molecular formula is C16H21BrN2O. The molecule has 0 aliphatic carbocycles. The second-order valence-electron chi connectivity index (χ2n) is 5.80. The molecular weight excluding hydrogens is 316 g/mol. The lowest BCUT2D eigenvalue weighted by Gasteiger charge is -2.29. The highest BCUT2D eigenvalue weighted by Crippen LogP contribution is 2.30. The van der Waals surface area contributed by atoms with Gasteiger partial charge in [0, 0.05) is 42.8 Å². The molecule has 1 aromatic rings. The highest BCUT2D eigenvalue weighted by molar-refractivity contribution is 9.09. The van der Waals surface area contributed by atoms with Crippen molar-refractivity contribution in [1.29, 1.82) is 0 Å². The summed E-state index contributed by atoms with van der Waals surface area (Å²) >= 11 is 3.49. The Hall–Kier alpha value is -1.03. The van der Waals surface area contributed by atoms with Gasteiger partial charge in [0.15, 0.2) is 0 Å². The zero-order valence-corrected chi connectivity index (χ0v) is 13.3. The number of piperidine rings is 1. The lowest BCUT2D eigenvalue weighted by atomic mass is 10.1. The predicted molar refractivity (Wildman–Crippen MR) is 86.8 cm³/mol. The number of benzene rings is 1. The highest BCUT2D eigenvalue weighted by Gasteiger charge is 2.30. The Kier molecular flexibility index (Phi) is 4.29. The monoisotopic (exact) mass is 336 g/mol. The van der Waals surface area contributed by atoms with E-state index in [0.717, 1.165) is 30.7 Å². The van der Waals surface area contributed by atoms with Gasteiger partial charge >= 0.3 is 0 Å². The van der Waals surface area contributed by atoms with Crippen LogP contribution in [0.5, 0.6) is 0 Å². The lowest BCUT2D eigenvalue weighted by Crippen LogP contribution is -2.30. The molecule has 2 saturated heterocycles. The number of alkyl halides is 1. The minimum absolute atomic E-state index is 0.255. The fourth-order valence-corrected chi connectivity index (χ4v) is 3.58. The van der Waals surface area contributed by atoms with E-state index in [1.165, 1.54) is 24.9 Å². The Morgan fingerprint density at radius 1 is 1.15 bits per heavy atom. The number of rotatable bonds is 3. The molecule has 3 rings (SSSR count). The molecule has 2 heterocycles. The summed E-state index contributed by atoms with van der Waals surface area (Å²) in [5.41, 5.74) is 2.32. The van der Waals surface area contributed by atoms with Gasteiger partial charge in [-0.15, -0.1) is 0 Å². The zero-order valence-electron chi connectivity index (χ0n) is 11.7. The van der Waals surface area contributed by atoms with Crippen molar-refractivity contribution in [2.75, 3.05) is 34.8 Å². The Morgan fingerprint density at radius 2 is 1.90 bits per heavy atom. The Morgan fingerprint density at radius 3 is 2.60 bits per heavy atom. The van der Waals surface area contributed by atoms with Gasteiger partial charge in [0.05, 0.1) is 0 Å². The third-order valence-electron chi connectivity index (χ3n) is 4.29. The molecule has 0 radical (unpaired) electrons. The van der Waals surface area contributed by atoms with Crippen LogP contribution in [0, 0.1) is 5.92 Å². The summed E-state index contributed by atoms with van der Waals surface area (Å²) in [4.78, 5) is 16.5. The highest BCUT2D eigenvalue weighted by atomic mass is 79.9. The Balaban J connectivity index is 1.78. The molecule has 1 aromatic carbocycles. The molecule has 0 bridgehead atoms. The summed E-state index contributed by atoms with van der Waals surface area (Å²) in [6.45, 7) is 3.12. The average molecular weight is 337 g/mol. The molecule has 3 nitrogen and oxygen atoms in total. The number of halogens is 1. The van der Waals surface area contributed by atoms with Gasteiger partial charge in [-0.05, 0) is 43.4 Å². The second-order valence-corrected chi connectivity index (χ2v) is 6.44. The van der Waals surface area contributed by atoms with Crippen LogP contribution in [0.1, 0.15) is 25.7 Å². The van der Waals surface area contributed by atoms with E-state index in [2.05, 4.69) is 45.1 Å². The van der Waals surface area contributed by atoms with E-state index in [-0.39, 0.29) is 5.91 Å². The average Bonchev–Trinajstić information content (AvgIpc) is 2.89. The van der Waals surface area contributed by atoms with E-state index in [1.54, 1.807) is 0 Å². The SMILES string of the molecule is O=C1CC(CBr)CN1c1cccc(N2CCCCC2)c1. The maximum absolute atomic E-state index is 12.1. The standard InChI is InChI=1S/C16H21BrN2O/c17-11-13-9-16(20)19(12-13)15-6-4-5-14(10-15)18-7-2-1-3-8-18/h4-6,10,13H,1-3,7-9,11-12H2. The minimum Gasteiger partial charge on any atom is -0.371 e. The second kappa shape index (κ2) is 6.17. The maximum Gasteiger partial charge on any atom is 0.227 e. The molecule has 4 heteroatoms. The normalized spacial score (nSPS) is 23.4. The van der Waals surface area contributed by atoms with Crippen molar-refractivity contribution in [2.45, 2.75) is 25.7 Å². The first-order valence-corrected chi connectivity index (χ1v) is 8.61. The van der Waals surface area contributed by atoms with Gasteiger partial charge in [-0.3, -0.25) is 4.79 Å². The first-order chi connectivity index (χ1) is 9.78. The molecule has 1 amide bonds. The lowest BCUT2D eigenvalue weighted by molar-refractivity contribution is -0.117. The number of hydrogen-bond donors (Lipinski definition) is 0. The molecule has 0 aromatic heterocycles. The molecule has 1 unspecified atom stereocenters. The number of hydrogen-bond acceptors (Lipinski definition) is 2. The van der Waals surface area contributed by atoms with Crippen LogP contribution in [-0.4, -0.2) is 30.9 Å². The van der Waals surface area contributed by atoms with E-state index >= 15 is 0 Å². The Labute approximate surface area is 129 Å². The molecule has 2 aliphatic heterocycles. The third kappa shape index (κ3) is 2.85. The van der Waals surface area contributed by atoms with Crippen molar-refractivity contribution in [3.8, 4) is 0 Å². The van der Waals surface area contributed by atoms with Crippen LogP contribution < -0.4 is 9.80 Å². The fourth-order valence-electron chi connectivity index (χ4n) is 3.14. The summed E-state index contributed by atoms with van der Waals surface area (Å²) in [6.07, 6.45) is 4.56. The summed E-state index contributed by atoms with van der Waals surface area (Å²) in [5.74, 6) is 0.700. The Bertz CT molecular complexity index is 485. The van der Waals surface area contributed by atoms with Gasteiger partial charge in [0.1, 0.15) is 0 Å². The van der Waals surface area contributed by atoms with E-state index in [9.17, 15) is 4.79 Å². The predicted octanol–water partition coefficient (Wildman–Crippen LogP) is 3.42. The van der Waals surface area contributed by atoms with Gasteiger partial charge in [-0.2, -0.15) is 0 Å². The largest absolute Gasteiger partial charge is 0.371 e. The molecule has 2 aliphatic rings. The van der Waals surface area contributed by atoms with E-state index in [0.29, 0.717) is 12.3 Å². The van der Waals surface area contributed by atoms with Crippen molar-refractivity contribution < 1.29 is 4.79 Å². The number of carbonyl (C=O) groups excluding carboxylic acids is 1. The number of amides is 1. The van der Waals surface area contributed by atoms with Crippen LogP contribution >= 0.6 is 15.9 Å². The van der Waals surface area contributed by atoms with Crippen molar-refractivity contribution in [1.82, 2.24) is 0 Å². The van der Waals surface area contributed by atoms with Crippen LogP contribution in [0.25, 0.3) is 0 Å². The summed E-state index contributed by atoms with van der Waals surface area (Å²) in [5, 5.41) is 0.904. The van der Waals surface area contributed by atoms with Crippen LogP contribution in [-0.2, 0) is 4.79 Å². The van der Waals surface area contributed by atoms with Gasteiger partial charge in [-0.25, -0.2) is 0 Å². The first-order valence-electron chi connectivity index (χ1n) is 7.49. The van der Waals surface area contributed by atoms with Crippen molar-refractivity contribution >= 4 is 33.2 Å². The number of anilines is 2. The quantitative estimate of drug-likeness (QED) is 0.789. The van der Waals surface area contributed by atoms with E-state index < -0.39 is 0 Å². The summed E-state index contributed by atoms with van der Waals surface area (Å²) in [7, 11) is 0. The topological polar surface area (TPSA) is 23.6 Å². The molecule has 20 heavy (non-hydrogen) atoms. The van der Waals surface area contributed by atoms with E-state index in [4.69, 9.17) is 0 Å². The molecule has 1 atom stereocenters. The summed E-state index contributed by atoms with van der Waals surface area (Å²) in [6, 6.07) is 8.48. The minimum atomic E-state index is 0.255. The van der Waals surface area contributed by atoms with Gasteiger partial charge in [0.25, 0.3) is 0 Å². The zero-order chi connectivity index (χ0) is 13.9. The number of nitrogens with zero attached hydrogens (tertiary/aromatic N) is 2. The molecule has 108 valence electrons. The molecule has 2 fully saturated rings. The van der Waals surface area contributed by atoms with Gasteiger partial charge in [-0.1, -0.05) is 22.0 Å². The summed E-state index contributed by atoms with van der Waals surface area (Å²) < 4.78 is 0.